The first-order chi connectivity index (χ1) is 17.4. The third kappa shape index (κ3) is 3.67. The van der Waals surface area contributed by atoms with Gasteiger partial charge in [-0.15, -0.1) is 0 Å². The van der Waals surface area contributed by atoms with E-state index in [4.69, 9.17) is 9.47 Å². The molecule has 8 nitrogen and oxygen atoms in total. The van der Waals surface area contributed by atoms with Gasteiger partial charge in [0.25, 0.3) is 0 Å². The van der Waals surface area contributed by atoms with Gasteiger partial charge in [0.1, 0.15) is 0 Å². The van der Waals surface area contributed by atoms with Gasteiger partial charge in [-0.2, -0.15) is 23.3 Å². The van der Waals surface area contributed by atoms with Crippen molar-refractivity contribution in [3.63, 3.8) is 0 Å². The van der Waals surface area contributed by atoms with Crippen LogP contribution in [0.1, 0.15) is 34.9 Å². The Labute approximate surface area is 202 Å². The summed E-state index contributed by atoms with van der Waals surface area (Å²) in [6, 6.07) is 8.16. The molecule has 0 spiro atoms. The summed E-state index contributed by atoms with van der Waals surface area (Å²) in [6.07, 6.45) is 2.62. The molecular formula is C25H19F3N6O2. The van der Waals surface area contributed by atoms with Crippen LogP contribution in [-0.4, -0.2) is 43.8 Å². The Balaban J connectivity index is 1.39. The largest absolute Gasteiger partial charge is 0.480 e. The monoisotopic (exact) mass is 492 g/mol. The first-order valence-electron chi connectivity index (χ1n) is 11.1. The van der Waals surface area contributed by atoms with Crippen LogP contribution in [0, 0.1) is 0 Å². The molecule has 1 aliphatic rings. The topological polar surface area (TPSA) is 87.3 Å². The lowest BCUT2D eigenvalue weighted by atomic mass is 10.0. The van der Waals surface area contributed by atoms with Crippen LogP contribution < -0.4 is 9.47 Å². The van der Waals surface area contributed by atoms with Crippen molar-refractivity contribution in [2.75, 3.05) is 14.2 Å². The second-order valence-corrected chi connectivity index (χ2v) is 8.54. The second-order valence-electron chi connectivity index (χ2n) is 8.54. The van der Waals surface area contributed by atoms with Gasteiger partial charge in [-0.1, -0.05) is 12.1 Å². The van der Waals surface area contributed by atoms with E-state index in [0.717, 1.165) is 29.3 Å². The Morgan fingerprint density at radius 2 is 1.83 bits per heavy atom. The fraction of sp³-hybridized carbons (Fsp3) is 0.240. The average molecular weight is 492 g/mol. The Hall–Kier alpha value is -4.28. The molecule has 4 heterocycles. The highest BCUT2D eigenvalue weighted by Gasteiger charge is 2.42. The van der Waals surface area contributed by atoms with Crippen molar-refractivity contribution >= 4 is 16.6 Å². The smallest absolute Gasteiger partial charge is 0.417 e. The molecule has 0 bridgehead atoms. The molecule has 1 saturated carbocycles. The van der Waals surface area contributed by atoms with E-state index in [0.29, 0.717) is 22.7 Å². The van der Waals surface area contributed by atoms with Gasteiger partial charge in [0.15, 0.2) is 5.65 Å². The number of halogens is 3. The highest BCUT2D eigenvalue weighted by molar-refractivity contribution is 5.83. The van der Waals surface area contributed by atoms with Gasteiger partial charge in [0.05, 0.1) is 36.6 Å². The van der Waals surface area contributed by atoms with Crippen LogP contribution >= 0.6 is 0 Å². The van der Waals surface area contributed by atoms with Crippen molar-refractivity contribution in [2.24, 2.45) is 0 Å². The van der Waals surface area contributed by atoms with Gasteiger partial charge in [-0.3, -0.25) is 4.98 Å². The zero-order valence-electron chi connectivity index (χ0n) is 19.2. The number of fused-ring (bicyclic) bond motifs is 2. The molecule has 5 aromatic rings. The van der Waals surface area contributed by atoms with Crippen LogP contribution in [0.4, 0.5) is 13.2 Å². The number of imidazole rings is 1. The molecule has 0 saturated heterocycles. The third-order valence-corrected chi connectivity index (χ3v) is 6.46. The fourth-order valence-electron chi connectivity index (χ4n) is 4.68. The predicted octanol–water partition coefficient (Wildman–Crippen LogP) is 5.04. The summed E-state index contributed by atoms with van der Waals surface area (Å²) in [7, 11) is 2.98. The molecule has 1 aromatic carbocycles. The molecule has 0 amide bonds. The second kappa shape index (κ2) is 8.14. The van der Waals surface area contributed by atoms with Crippen molar-refractivity contribution < 1.29 is 22.6 Å². The summed E-state index contributed by atoms with van der Waals surface area (Å²) in [5, 5.41) is 4.75. The molecule has 36 heavy (non-hydrogen) atoms. The number of hydrogen-bond acceptors (Lipinski definition) is 7. The first kappa shape index (κ1) is 22.2. The number of alkyl halides is 3. The molecular weight excluding hydrogens is 473 g/mol. The lowest BCUT2D eigenvalue weighted by Crippen LogP contribution is -2.06. The minimum atomic E-state index is -4.43. The highest BCUT2D eigenvalue weighted by Crippen LogP contribution is 2.56. The number of hydrogen-bond donors (Lipinski definition) is 0. The van der Waals surface area contributed by atoms with E-state index in [1.165, 1.54) is 26.5 Å². The molecule has 1 fully saturated rings. The molecule has 4 aromatic heterocycles. The van der Waals surface area contributed by atoms with E-state index in [1.54, 1.807) is 35.2 Å². The SMILES string of the molecule is COc1ncc(-c2cc([C@H]3C[C@@H]3c3ccc4c(C(F)(F)F)ccnc4c3)c3nccn3n2)c(OC)n1. The number of nitrogens with zero attached hydrogens (tertiary/aromatic N) is 6. The standard InChI is InChI=1S/C25H19F3N6O2/c1-35-23-18(12-31-24(32-23)36-2)21-11-17(22-30-7-8-34(22)33-21)16-10-15(16)13-3-4-14-19(25(26,27)28)5-6-29-20(14)9-13/h3-9,11-12,15-16H,10H2,1-2H3/t15-,16+/m1/s1. The summed E-state index contributed by atoms with van der Waals surface area (Å²) >= 11 is 0. The van der Waals surface area contributed by atoms with E-state index in [-0.39, 0.29) is 23.2 Å². The quantitative estimate of drug-likeness (QED) is 0.340. The Kier molecular flexibility index (Phi) is 5.02. The lowest BCUT2D eigenvalue weighted by Gasteiger charge is -2.12. The third-order valence-electron chi connectivity index (χ3n) is 6.46. The van der Waals surface area contributed by atoms with Crippen molar-refractivity contribution in [3.8, 4) is 23.1 Å². The lowest BCUT2D eigenvalue weighted by molar-refractivity contribution is -0.136. The van der Waals surface area contributed by atoms with Crippen molar-refractivity contribution in [1.29, 1.82) is 0 Å². The van der Waals surface area contributed by atoms with Crippen LogP contribution in [0.2, 0.25) is 0 Å². The molecule has 6 rings (SSSR count). The van der Waals surface area contributed by atoms with E-state index < -0.39 is 11.7 Å². The Morgan fingerprint density at radius 3 is 2.61 bits per heavy atom. The highest BCUT2D eigenvalue weighted by atomic mass is 19.4. The van der Waals surface area contributed by atoms with Crippen LogP contribution in [0.15, 0.2) is 55.1 Å². The van der Waals surface area contributed by atoms with Gasteiger partial charge in [0, 0.05) is 35.7 Å². The van der Waals surface area contributed by atoms with Gasteiger partial charge >= 0.3 is 12.2 Å². The van der Waals surface area contributed by atoms with E-state index in [9.17, 15) is 13.2 Å². The Bertz CT molecular complexity index is 1620. The molecule has 182 valence electrons. The maximum absolute atomic E-state index is 13.4. The fourth-order valence-corrected chi connectivity index (χ4v) is 4.68. The summed E-state index contributed by atoms with van der Waals surface area (Å²) in [5.41, 5.74) is 3.49. The van der Waals surface area contributed by atoms with Crippen molar-refractivity contribution in [3.05, 3.63) is 71.8 Å². The van der Waals surface area contributed by atoms with E-state index in [1.807, 2.05) is 6.07 Å². The van der Waals surface area contributed by atoms with Crippen molar-refractivity contribution in [1.82, 2.24) is 29.5 Å². The predicted molar refractivity (Wildman–Crippen MR) is 124 cm³/mol. The van der Waals surface area contributed by atoms with Gasteiger partial charge < -0.3 is 9.47 Å². The number of rotatable bonds is 5. The molecule has 2 atom stereocenters. The number of pyridine rings is 1. The Morgan fingerprint density at radius 1 is 0.972 bits per heavy atom. The van der Waals surface area contributed by atoms with Crippen LogP contribution in [-0.2, 0) is 6.18 Å². The molecule has 1 aliphatic carbocycles. The summed E-state index contributed by atoms with van der Waals surface area (Å²) < 4.78 is 52.4. The average Bonchev–Trinajstić information content (AvgIpc) is 3.54. The zero-order chi connectivity index (χ0) is 25.0. The maximum Gasteiger partial charge on any atom is 0.417 e. The molecule has 0 unspecified atom stereocenters. The number of methoxy groups -OCH3 is 2. The number of benzene rings is 1. The van der Waals surface area contributed by atoms with Crippen LogP contribution in [0.25, 0.3) is 27.8 Å². The summed E-state index contributed by atoms with van der Waals surface area (Å²) in [4.78, 5) is 17.1. The minimum Gasteiger partial charge on any atom is -0.480 e. The van der Waals surface area contributed by atoms with Gasteiger partial charge in [-0.05, 0) is 42.0 Å². The van der Waals surface area contributed by atoms with E-state index in [2.05, 4.69) is 25.0 Å². The normalized spacial score (nSPS) is 17.5. The van der Waals surface area contributed by atoms with Gasteiger partial charge in [0.2, 0.25) is 5.88 Å². The zero-order valence-corrected chi connectivity index (χ0v) is 19.2. The summed E-state index contributed by atoms with van der Waals surface area (Å²) in [5.74, 6) is 0.564. The minimum absolute atomic E-state index is 0.0967. The number of aromatic nitrogens is 6. The van der Waals surface area contributed by atoms with E-state index >= 15 is 0 Å². The summed E-state index contributed by atoms with van der Waals surface area (Å²) in [6.45, 7) is 0. The van der Waals surface area contributed by atoms with Gasteiger partial charge in [-0.25, -0.2) is 14.5 Å². The first-order valence-corrected chi connectivity index (χ1v) is 11.1. The van der Waals surface area contributed by atoms with Crippen molar-refractivity contribution in [2.45, 2.75) is 24.4 Å². The maximum atomic E-state index is 13.4. The molecule has 0 radical (unpaired) electrons. The number of ether oxygens (including phenoxy) is 2. The molecule has 11 heteroatoms. The molecule has 0 N–H and O–H groups in total. The van der Waals surface area contributed by atoms with Crippen LogP contribution in [0.5, 0.6) is 11.9 Å². The molecule has 0 aliphatic heterocycles. The van der Waals surface area contributed by atoms with Crippen LogP contribution in [0.3, 0.4) is 0 Å².